The number of carbonyl (C=O) groups excluding carboxylic acids is 2. The van der Waals surface area contributed by atoms with E-state index in [2.05, 4.69) is 62.4 Å². The fourth-order valence-electron chi connectivity index (χ4n) is 7.30. The van der Waals surface area contributed by atoms with E-state index in [1.807, 2.05) is 12.1 Å². The Morgan fingerprint density at radius 3 is 1.02 bits per heavy atom. The predicted octanol–water partition coefficient (Wildman–Crippen LogP) is 9.95. The standard InChI is InChI=1S/2C25H42O4.Ba/c2*1-2-3-10-18-24(29-21-22-15-11-9-12-16-22)19-14-8-6-4-5-7-13-17-23(26)20-25(27)28;/h2*9,11-12,15-16,23-24,26H,2-8,10,13-14,17-21H2,1H3,(H,27,28);/q;;+2/p-2. The molecule has 0 saturated heterocycles. The number of aliphatic hydroxyl groups is 2. The number of hydrogen-bond acceptors (Lipinski definition) is 8. The van der Waals surface area contributed by atoms with Crippen molar-refractivity contribution in [2.45, 2.75) is 231 Å². The van der Waals surface area contributed by atoms with E-state index in [0.29, 0.717) is 38.3 Å². The zero-order valence-electron chi connectivity index (χ0n) is 37.3. The zero-order chi connectivity index (χ0) is 42.3. The Morgan fingerprint density at radius 1 is 0.458 bits per heavy atom. The molecule has 0 aliphatic rings. The molecule has 0 radical (unpaired) electrons. The molecular weight excluding hydrogens is 866 g/mol. The summed E-state index contributed by atoms with van der Waals surface area (Å²) in [6.45, 7) is 5.90. The third-order valence-electron chi connectivity index (χ3n) is 10.8. The average molecular weight is 949 g/mol. The normalized spacial score (nSPS) is 13.1. The van der Waals surface area contributed by atoms with Crippen LogP contribution in [0.25, 0.3) is 0 Å². The summed E-state index contributed by atoms with van der Waals surface area (Å²) in [4.78, 5) is 20.8. The summed E-state index contributed by atoms with van der Waals surface area (Å²) in [5.74, 6) is -2.34. The molecule has 0 fully saturated rings. The molecule has 0 bridgehead atoms. The van der Waals surface area contributed by atoms with E-state index in [1.54, 1.807) is 0 Å². The van der Waals surface area contributed by atoms with E-state index in [1.165, 1.54) is 101 Å². The number of rotatable bonds is 38. The third kappa shape index (κ3) is 38.2. The second-order valence-electron chi connectivity index (χ2n) is 16.4. The number of aliphatic carboxylic acids is 2. The van der Waals surface area contributed by atoms with Gasteiger partial charge in [-0.3, -0.25) is 0 Å². The van der Waals surface area contributed by atoms with Crippen molar-refractivity contribution >= 4 is 60.8 Å². The maximum absolute atomic E-state index is 10.4. The Bertz CT molecular complexity index is 1110. The van der Waals surface area contributed by atoms with Gasteiger partial charge in [-0.2, -0.15) is 0 Å². The Morgan fingerprint density at radius 2 is 0.729 bits per heavy atom. The first-order chi connectivity index (χ1) is 28.2. The van der Waals surface area contributed by atoms with Crippen LogP contribution in [0, 0.1) is 0 Å². The minimum absolute atomic E-state index is 0. The molecule has 0 amide bonds. The van der Waals surface area contributed by atoms with Crippen LogP contribution in [0.1, 0.15) is 205 Å². The Kier molecular flexibility index (Phi) is 41.2. The smallest absolute Gasteiger partial charge is 0.550 e. The first-order valence-electron chi connectivity index (χ1n) is 23.3. The molecule has 332 valence electrons. The van der Waals surface area contributed by atoms with Crippen molar-refractivity contribution < 1.29 is 39.5 Å². The summed E-state index contributed by atoms with van der Waals surface area (Å²) in [6.07, 6.45) is 28.1. The van der Waals surface area contributed by atoms with Crippen LogP contribution in [0.2, 0.25) is 0 Å². The van der Waals surface area contributed by atoms with Gasteiger partial charge in [-0.25, -0.2) is 0 Å². The van der Waals surface area contributed by atoms with E-state index < -0.39 is 24.1 Å². The van der Waals surface area contributed by atoms with Crippen LogP contribution in [-0.4, -0.2) is 95.4 Å². The van der Waals surface area contributed by atoms with Crippen LogP contribution >= 0.6 is 0 Å². The van der Waals surface area contributed by atoms with Crippen molar-refractivity contribution in [3.05, 3.63) is 71.8 Å². The molecule has 0 aliphatic heterocycles. The van der Waals surface area contributed by atoms with Gasteiger partial charge in [0.25, 0.3) is 0 Å². The SMILES string of the molecule is CCCCCC(CCCCCCCCCC(O)CC(=O)[O-])OCc1ccccc1.CCCCCC(CCCCCCCCCC(O)CC(=O)[O-])OCc1ccccc1.[Ba+2]. The molecule has 0 heterocycles. The molecule has 2 rings (SSSR count). The number of benzene rings is 2. The quantitative estimate of drug-likeness (QED) is 0.0501. The maximum Gasteiger partial charge on any atom is 2.00 e. The summed E-state index contributed by atoms with van der Waals surface area (Å²) < 4.78 is 12.4. The van der Waals surface area contributed by atoms with Crippen LogP contribution in [-0.2, 0) is 32.3 Å². The molecule has 2 aromatic carbocycles. The summed E-state index contributed by atoms with van der Waals surface area (Å²) >= 11 is 0. The number of aliphatic hydroxyl groups excluding tert-OH is 2. The minimum atomic E-state index is -1.17. The van der Waals surface area contributed by atoms with E-state index in [0.717, 1.165) is 64.2 Å². The van der Waals surface area contributed by atoms with Crippen LogP contribution in [0.3, 0.4) is 0 Å². The molecule has 0 aliphatic carbocycles. The van der Waals surface area contributed by atoms with Gasteiger partial charge in [-0.15, -0.1) is 0 Å². The monoisotopic (exact) mass is 949 g/mol. The summed E-state index contributed by atoms with van der Waals surface area (Å²) in [5.41, 5.74) is 2.50. The summed E-state index contributed by atoms with van der Waals surface area (Å²) in [6, 6.07) is 20.8. The van der Waals surface area contributed by atoms with Gasteiger partial charge >= 0.3 is 48.9 Å². The number of carboxylic acid groups (broad SMARTS) is 2. The number of ether oxygens (including phenoxy) is 2. The first kappa shape index (κ1) is 57.8. The van der Waals surface area contributed by atoms with Crippen molar-refractivity contribution in [3.8, 4) is 0 Å². The van der Waals surface area contributed by atoms with Gasteiger partial charge in [0, 0.05) is 24.8 Å². The van der Waals surface area contributed by atoms with E-state index in [4.69, 9.17) is 9.47 Å². The van der Waals surface area contributed by atoms with Crippen molar-refractivity contribution in [2.75, 3.05) is 0 Å². The van der Waals surface area contributed by atoms with Gasteiger partial charge in [-0.05, 0) is 49.7 Å². The Balaban J connectivity index is 0.00000112. The van der Waals surface area contributed by atoms with Crippen molar-refractivity contribution in [1.29, 1.82) is 0 Å². The predicted molar refractivity (Wildman–Crippen MR) is 238 cm³/mol. The van der Waals surface area contributed by atoms with Crippen LogP contribution in [0.5, 0.6) is 0 Å². The van der Waals surface area contributed by atoms with Crippen molar-refractivity contribution in [3.63, 3.8) is 0 Å². The molecule has 9 heteroatoms. The van der Waals surface area contributed by atoms with E-state index in [-0.39, 0.29) is 61.7 Å². The fourth-order valence-corrected chi connectivity index (χ4v) is 7.30. The second-order valence-corrected chi connectivity index (χ2v) is 16.4. The Labute approximate surface area is 400 Å². The molecule has 0 spiro atoms. The molecular formula is C50H82BaO8. The van der Waals surface area contributed by atoms with E-state index in [9.17, 15) is 30.0 Å². The Hall–Kier alpha value is -1.21. The number of carboxylic acids is 2. The van der Waals surface area contributed by atoms with Crippen LogP contribution in [0.4, 0.5) is 0 Å². The van der Waals surface area contributed by atoms with Gasteiger partial charge in [0.2, 0.25) is 0 Å². The zero-order valence-corrected chi connectivity index (χ0v) is 41.8. The molecule has 8 nitrogen and oxygen atoms in total. The molecule has 0 saturated carbocycles. The average Bonchev–Trinajstić information content (AvgIpc) is 3.20. The van der Waals surface area contributed by atoms with E-state index >= 15 is 0 Å². The summed E-state index contributed by atoms with van der Waals surface area (Å²) in [5, 5.41) is 39.8. The topological polar surface area (TPSA) is 139 Å². The second kappa shape index (κ2) is 42.1. The van der Waals surface area contributed by atoms with Gasteiger partial charge in [-0.1, -0.05) is 203 Å². The van der Waals surface area contributed by atoms with Crippen LogP contribution in [0.15, 0.2) is 60.7 Å². The molecule has 0 aromatic heterocycles. The molecule has 59 heavy (non-hydrogen) atoms. The molecule has 4 unspecified atom stereocenters. The minimum Gasteiger partial charge on any atom is -0.550 e. The number of hydrogen-bond donors (Lipinski definition) is 2. The molecule has 2 N–H and O–H groups in total. The third-order valence-corrected chi connectivity index (χ3v) is 10.8. The molecule has 2 aromatic rings. The van der Waals surface area contributed by atoms with Crippen molar-refractivity contribution in [2.24, 2.45) is 0 Å². The van der Waals surface area contributed by atoms with Gasteiger partial charge in [0.05, 0.1) is 37.6 Å². The van der Waals surface area contributed by atoms with Crippen molar-refractivity contribution in [1.82, 2.24) is 0 Å². The molecule has 4 atom stereocenters. The number of unbranched alkanes of at least 4 members (excludes halogenated alkanes) is 16. The van der Waals surface area contributed by atoms with Gasteiger partial charge in [0.1, 0.15) is 0 Å². The largest absolute Gasteiger partial charge is 2.00 e. The van der Waals surface area contributed by atoms with Crippen LogP contribution < -0.4 is 10.2 Å². The fraction of sp³-hybridized carbons (Fsp3) is 0.720. The van der Waals surface area contributed by atoms with Gasteiger partial charge < -0.3 is 39.5 Å². The number of carbonyl (C=O) groups is 2. The first-order valence-corrected chi connectivity index (χ1v) is 23.3. The van der Waals surface area contributed by atoms with Gasteiger partial charge in [0.15, 0.2) is 0 Å². The summed E-state index contributed by atoms with van der Waals surface area (Å²) in [7, 11) is 0. The maximum atomic E-state index is 10.4.